The number of carbonyl (C=O) groups excluding carboxylic acids is 1. The molecule has 4 aliphatic carbocycles. The Morgan fingerprint density at radius 1 is 1.12 bits per heavy atom. The van der Waals surface area contributed by atoms with Crippen LogP contribution in [0, 0.1) is 36.5 Å². The fourth-order valence-electron chi connectivity index (χ4n) is 5.89. The summed E-state index contributed by atoms with van der Waals surface area (Å²) in [6.07, 6.45) is 7.49. The Morgan fingerprint density at radius 2 is 1.79 bits per heavy atom. The Bertz CT molecular complexity index is 596. The lowest BCUT2D eigenvalue weighted by molar-refractivity contribution is -0.138. The zero-order valence-electron chi connectivity index (χ0n) is 14.9. The summed E-state index contributed by atoms with van der Waals surface area (Å²) in [6.45, 7) is 2.80. The minimum absolute atomic E-state index is 0.289. The van der Waals surface area contributed by atoms with Crippen molar-refractivity contribution in [2.24, 2.45) is 29.6 Å². The number of aryl methyl sites for hydroxylation is 1. The van der Waals surface area contributed by atoms with Crippen molar-refractivity contribution in [2.45, 2.75) is 45.4 Å². The number of carbonyl (C=O) groups is 1. The second kappa shape index (κ2) is 6.42. The normalized spacial score (nSPS) is 33.5. The molecular weight excluding hydrogens is 298 g/mol. The zero-order valence-corrected chi connectivity index (χ0v) is 14.9. The smallest absolute Gasteiger partial charge is 0.223 e. The maximum Gasteiger partial charge on any atom is 0.223 e. The van der Waals surface area contributed by atoms with E-state index in [-0.39, 0.29) is 5.92 Å². The first-order valence-corrected chi connectivity index (χ1v) is 9.55. The molecule has 0 aliphatic heterocycles. The summed E-state index contributed by atoms with van der Waals surface area (Å²) < 4.78 is 5.44. The molecule has 4 saturated carbocycles. The van der Waals surface area contributed by atoms with Crippen LogP contribution in [0.5, 0.6) is 5.75 Å². The van der Waals surface area contributed by atoms with Gasteiger partial charge in [0.2, 0.25) is 5.91 Å². The third-order valence-corrected chi connectivity index (χ3v) is 6.66. The Balaban J connectivity index is 1.35. The van der Waals surface area contributed by atoms with Crippen molar-refractivity contribution in [3.05, 3.63) is 29.3 Å². The van der Waals surface area contributed by atoms with Gasteiger partial charge >= 0.3 is 0 Å². The first kappa shape index (κ1) is 16.0. The summed E-state index contributed by atoms with van der Waals surface area (Å²) in [5.41, 5.74) is 2.42. The summed E-state index contributed by atoms with van der Waals surface area (Å²) in [5, 5.41) is 3.24. The molecule has 3 heteroatoms. The third-order valence-electron chi connectivity index (χ3n) is 6.66. The minimum Gasteiger partial charge on any atom is -0.496 e. The molecule has 0 saturated heterocycles. The maximum atomic E-state index is 12.8. The Labute approximate surface area is 145 Å². The molecule has 0 unspecified atom stereocenters. The lowest BCUT2D eigenvalue weighted by Gasteiger charge is -2.53. The van der Waals surface area contributed by atoms with Crippen molar-refractivity contribution in [3.63, 3.8) is 0 Å². The van der Waals surface area contributed by atoms with Gasteiger partial charge in [0.15, 0.2) is 0 Å². The van der Waals surface area contributed by atoms with Gasteiger partial charge in [-0.15, -0.1) is 0 Å². The molecular formula is C21H29NO2. The van der Waals surface area contributed by atoms with Gasteiger partial charge in [0.05, 0.1) is 7.11 Å². The summed E-state index contributed by atoms with van der Waals surface area (Å²) in [6, 6.07) is 6.24. The van der Waals surface area contributed by atoms with Crippen molar-refractivity contribution < 1.29 is 9.53 Å². The van der Waals surface area contributed by atoms with Crippen LogP contribution in [0.25, 0.3) is 0 Å². The number of hydrogen-bond acceptors (Lipinski definition) is 2. The number of hydrogen-bond donors (Lipinski definition) is 1. The van der Waals surface area contributed by atoms with Crippen LogP contribution in [0.2, 0.25) is 0 Å². The molecule has 0 aromatic heterocycles. The first-order valence-electron chi connectivity index (χ1n) is 9.55. The van der Waals surface area contributed by atoms with E-state index in [1.54, 1.807) is 7.11 Å². The average Bonchev–Trinajstić information content (AvgIpc) is 2.54. The molecule has 4 fully saturated rings. The van der Waals surface area contributed by atoms with Crippen LogP contribution in [-0.4, -0.2) is 19.6 Å². The second-order valence-corrected chi connectivity index (χ2v) is 8.31. The second-order valence-electron chi connectivity index (χ2n) is 8.31. The predicted molar refractivity (Wildman–Crippen MR) is 95.0 cm³/mol. The topological polar surface area (TPSA) is 38.3 Å². The fraction of sp³-hybridized carbons (Fsp3) is 0.667. The molecule has 1 aromatic rings. The molecule has 0 heterocycles. The van der Waals surface area contributed by atoms with Gasteiger partial charge in [0.1, 0.15) is 5.75 Å². The average molecular weight is 327 g/mol. The highest BCUT2D eigenvalue weighted by Gasteiger charge is 2.50. The number of ether oxygens (including phenoxy) is 1. The number of amides is 1. The first-order chi connectivity index (χ1) is 11.6. The molecule has 0 atom stereocenters. The molecule has 0 radical (unpaired) electrons. The Morgan fingerprint density at radius 3 is 2.42 bits per heavy atom. The summed E-state index contributed by atoms with van der Waals surface area (Å²) >= 11 is 0. The van der Waals surface area contributed by atoms with Gasteiger partial charge in [-0.05, 0) is 80.8 Å². The molecule has 24 heavy (non-hydrogen) atoms. The highest BCUT2D eigenvalue weighted by molar-refractivity contribution is 5.79. The molecule has 1 N–H and O–H groups in total. The highest BCUT2D eigenvalue weighted by Crippen LogP contribution is 2.56. The van der Waals surface area contributed by atoms with Crippen LogP contribution in [-0.2, 0) is 11.2 Å². The van der Waals surface area contributed by atoms with Crippen LogP contribution in [0.15, 0.2) is 18.2 Å². The van der Waals surface area contributed by atoms with Crippen molar-refractivity contribution in [1.82, 2.24) is 5.32 Å². The molecule has 130 valence electrons. The fourth-order valence-corrected chi connectivity index (χ4v) is 5.89. The van der Waals surface area contributed by atoms with E-state index in [9.17, 15) is 4.79 Å². The van der Waals surface area contributed by atoms with Gasteiger partial charge in [0.25, 0.3) is 0 Å². The van der Waals surface area contributed by atoms with Crippen LogP contribution < -0.4 is 10.1 Å². The van der Waals surface area contributed by atoms with Gasteiger partial charge in [-0.1, -0.05) is 17.7 Å². The SMILES string of the molecule is COc1ccc(C)cc1CCNC(=O)C1C2CC3CC(C2)CC1C3. The van der Waals surface area contributed by atoms with Crippen molar-refractivity contribution in [3.8, 4) is 5.75 Å². The van der Waals surface area contributed by atoms with Crippen LogP contribution in [0.1, 0.15) is 43.2 Å². The van der Waals surface area contributed by atoms with Gasteiger partial charge in [-0.2, -0.15) is 0 Å². The van der Waals surface area contributed by atoms with Gasteiger partial charge in [0, 0.05) is 12.5 Å². The number of rotatable bonds is 5. The van der Waals surface area contributed by atoms with E-state index in [0.717, 1.165) is 24.0 Å². The molecule has 3 nitrogen and oxygen atoms in total. The molecule has 4 aliphatic rings. The van der Waals surface area contributed by atoms with E-state index < -0.39 is 0 Å². The van der Waals surface area contributed by atoms with E-state index in [4.69, 9.17) is 4.74 Å². The molecule has 1 amide bonds. The van der Waals surface area contributed by atoms with Crippen LogP contribution in [0.4, 0.5) is 0 Å². The molecule has 5 rings (SSSR count). The minimum atomic E-state index is 0.289. The largest absolute Gasteiger partial charge is 0.496 e. The van der Waals surface area contributed by atoms with Gasteiger partial charge in [-0.3, -0.25) is 4.79 Å². The maximum absolute atomic E-state index is 12.8. The van der Waals surface area contributed by atoms with Gasteiger partial charge < -0.3 is 10.1 Å². The molecule has 1 aromatic carbocycles. The summed E-state index contributed by atoms with van der Waals surface area (Å²) in [5.74, 6) is 4.70. The van der Waals surface area contributed by atoms with E-state index >= 15 is 0 Å². The van der Waals surface area contributed by atoms with E-state index in [0.29, 0.717) is 24.3 Å². The van der Waals surface area contributed by atoms with Crippen molar-refractivity contribution >= 4 is 5.91 Å². The Kier molecular flexibility index (Phi) is 4.28. The lowest BCUT2D eigenvalue weighted by Crippen LogP contribution is -2.51. The van der Waals surface area contributed by atoms with E-state index in [1.807, 2.05) is 6.07 Å². The van der Waals surface area contributed by atoms with Crippen LogP contribution in [0.3, 0.4) is 0 Å². The molecule has 0 spiro atoms. The van der Waals surface area contributed by atoms with Gasteiger partial charge in [-0.25, -0.2) is 0 Å². The monoisotopic (exact) mass is 327 g/mol. The zero-order chi connectivity index (χ0) is 16.7. The summed E-state index contributed by atoms with van der Waals surface area (Å²) in [7, 11) is 1.71. The lowest BCUT2D eigenvalue weighted by atomic mass is 9.51. The summed E-state index contributed by atoms with van der Waals surface area (Å²) in [4.78, 5) is 12.8. The predicted octanol–water partition coefficient (Wildman–Crippen LogP) is 3.73. The van der Waals surface area contributed by atoms with E-state index in [1.165, 1.54) is 43.2 Å². The number of methoxy groups -OCH3 is 1. The highest BCUT2D eigenvalue weighted by atomic mass is 16.5. The number of benzene rings is 1. The quantitative estimate of drug-likeness (QED) is 0.895. The van der Waals surface area contributed by atoms with Crippen LogP contribution >= 0.6 is 0 Å². The third kappa shape index (κ3) is 2.94. The molecule has 4 bridgehead atoms. The number of nitrogens with one attached hydrogen (secondary N) is 1. The standard InChI is InChI=1S/C21H29NO2/c1-13-3-4-19(24-2)16(7-13)5-6-22-21(23)20-17-9-14-8-15(11-17)12-18(20)10-14/h3-4,7,14-15,17-18,20H,5-6,8-12H2,1-2H3,(H,22,23). The van der Waals surface area contributed by atoms with E-state index in [2.05, 4.69) is 24.4 Å². The Hall–Kier alpha value is -1.51. The van der Waals surface area contributed by atoms with Crippen molar-refractivity contribution in [1.29, 1.82) is 0 Å². The van der Waals surface area contributed by atoms with Crippen molar-refractivity contribution in [2.75, 3.05) is 13.7 Å².